The smallest absolute Gasteiger partial charge is 0.170 e. The van der Waals surface area contributed by atoms with E-state index in [-0.39, 0.29) is 5.84 Å². The van der Waals surface area contributed by atoms with Crippen molar-refractivity contribution in [1.82, 2.24) is 0 Å². The van der Waals surface area contributed by atoms with Gasteiger partial charge in [-0.3, -0.25) is 0 Å². The molecule has 19 heavy (non-hydrogen) atoms. The highest BCUT2D eigenvalue weighted by atomic mass is 79.9. The summed E-state index contributed by atoms with van der Waals surface area (Å²) in [5, 5.41) is 11.7. The number of oxime groups is 1. The first kappa shape index (κ1) is 14.2. The summed E-state index contributed by atoms with van der Waals surface area (Å²) in [6.45, 7) is 6.77. The van der Waals surface area contributed by atoms with Gasteiger partial charge in [0.2, 0.25) is 0 Å². The molecule has 1 aliphatic heterocycles. The maximum absolute atomic E-state index is 8.70. The number of hydrogen-bond donors (Lipinski definition) is 2. The van der Waals surface area contributed by atoms with Crippen LogP contribution in [0.5, 0.6) is 0 Å². The molecule has 0 bridgehead atoms. The van der Waals surface area contributed by atoms with Crippen LogP contribution in [0.2, 0.25) is 0 Å². The average molecular weight is 326 g/mol. The van der Waals surface area contributed by atoms with Crippen LogP contribution < -0.4 is 10.6 Å². The fourth-order valence-electron chi connectivity index (χ4n) is 2.46. The number of benzene rings is 1. The van der Waals surface area contributed by atoms with Crippen molar-refractivity contribution in [3.8, 4) is 0 Å². The third-order valence-corrected chi connectivity index (χ3v) is 4.66. The number of anilines is 1. The van der Waals surface area contributed by atoms with Crippen LogP contribution in [0, 0.1) is 11.8 Å². The summed E-state index contributed by atoms with van der Waals surface area (Å²) in [7, 11) is 0. The largest absolute Gasteiger partial charge is 0.409 e. The Morgan fingerprint density at radius 3 is 2.74 bits per heavy atom. The lowest BCUT2D eigenvalue weighted by atomic mass is 9.88. The highest BCUT2D eigenvalue weighted by molar-refractivity contribution is 9.10. The van der Waals surface area contributed by atoms with E-state index in [1.807, 2.05) is 18.2 Å². The molecule has 0 amide bonds. The van der Waals surface area contributed by atoms with Gasteiger partial charge >= 0.3 is 0 Å². The topological polar surface area (TPSA) is 61.8 Å². The van der Waals surface area contributed by atoms with Crippen molar-refractivity contribution in [2.45, 2.75) is 20.3 Å². The monoisotopic (exact) mass is 325 g/mol. The third kappa shape index (κ3) is 3.03. The summed E-state index contributed by atoms with van der Waals surface area (Å²) in [5.41, 5.74) is 7.49. The lowest BCUT2D eigenvalue weighted by Crippen LogP contribution is -2.38. The number of nitrogens with two attached hydrogens (primary N) is 1. The average Bonchev–Trinajstić information content (AvgIpc) is 2.41. The number of nitrogens with zero attached hydrogens (tertiary/aromatic N) is 2. The molecule has 1 aromatic rings. The molecule has 2 rings (SSSR count). The first-order valence-corrected chi connectivity index (χ1v) is 7.34. The van der Waals surface area contributed by atoms with Crippen molar-refractivity contribution in [3.05, 3.63) is 28.2 Å². The Balaban J connectivity index is 2.22. The number of piperidine rings is 1. The van der Waals surface area contributed by atoms with E-state index in [9.17, 15) is 0 Å². The fraction of sp³-hybridized carbons (Fsp3) is 0.500. The second kappa shape index (κ2) is 5.82. The Morgan fingerprint density at radius 1 is 1.42 bits per heavy atom. The van der Waals surface area contributed by atoms with Gasteiger partial charge in [-0.1, -0.05) is 19.0 Å². The van der Waals surface area contributed by atoms with Crippen LogP contribution in [0.25, 0.3) is 0 Å². The van der Waals surface area contributed by atoms with Gasteiger partial charge in [0, 0.05) is 23.1 Å². The zero-order valence-electron chi connectivity index (χ0n) is 11.3. The van der Waals surface area contributed by atoms with E-state index in [2.05, 4.69) is 39.8 Å². The van der Waals surface area contributed by atoms with Crippen LogP contribution >= 0.6 is 15.9 Å². The molecule has 5 heteroatoms. The molecule has 1 fully saturated rings. The van der Waals surface area contributed by atoms with Gasteiger partial charge in [0.1, 0.15) is 0 Å². The van der Waals surface area contributed by atoms with Crippen LogP contribution in [0.4, 0.5) is 5.69 Å². The van der Waals surface area contributed by atoms with Crippen LogP contribution in [0.1, 0.15) is 25.8 Å². The number of halogens is 1. The van der Waals surface area contributed by atoms with E-state index in [0.717, 1.165) is 29.0 Å². The van der Waals surface area contributed by atoms with E-state index < -0.39 is 0 Å². The molecule has 1 aliphatic rings. The molecule has 2 atom stereocenters. The van der Waals surface area contributed by atoms with Gasteiger partial charge in [-0.05, 0) is 52.4 Å². The predicted molar refractivity (Wildman–Crippen MR) is 81.8 cm³/mol. The first-order valence-electron chi connectivity index (χ1n) is 6.55. The molecule has 104 valence electrons. The minimum Gasteiger partial charge on any atom is -0.409 e. The summed E-state index contributed by atoms with van der Waals surface area (Å²) < 4.78 is 0.985. The summed E-state index contributed by atoms with van der Waals surface area (Å²) in [6, 6.07) is 5.81. The molecule has 0 aliphatic carbocycles. The maximum Gasteiger partial charge on any atom is 0.170 e. The van der Waals surface area contributed by atoms with E-state index in [1.165, 1.54) is 12.1 Å². The maximum atomic E-state index is 8.70. The Morgan fingerprint density at radius 2 is 2.16 bits per heavy atom. The van der Waals surface area contributed by atoms with Crippen LogP contribution in [-0.4, -0.2) is 24.1 Å². The van der Waals surface area contributed by atoms with Gasteiger partial charge < -0.3 is 15.8 Å². The Labute approximate surface area is 122 Å². The van der Waals surface area contributed by atoms with Crippen LogP contribution in [-0.2, 0) is 0 Å². The van der Waals surface area contributed by atoms with E-state index in [4.69, 9.17) is 10.9 Å². The normalized spacial score (nSPS) is 24.6. The zero-order valence-corrected chi connectivity index (χ0v) is 12.9. The lowest BCUT2D eigenvalue weighted by molar-refractivity contribution is 0.318. The molecule has 3 N–H and O–H groups in total. The van der Waals surface area contributed by atoms with Crippen molar-refractivity contribution in [1.29, 1.82) is 0 Å². The molecule has 1 saturated heterocycles. The molecule has 0 spiro atoms. The lowest BCUT2D eigenvalue weighted by Gasteiger charge is -2.37. The quantitative estimate of drug-likeness (QED) is 0.380. The second-order valence-electron chi connectivity index (χ2n) is 5.34. The molecular formula is C14H20BrN3O. The Kier molecular flexibility index (Phi) is 4.34. The van der Waals surface area contributed by atoms with Gasteiger partial charge in [-0.25, -0.2) is 0 Å². The Hall–Kier alpha value is -1.23. The SMILES string of the molecule is CC1CCN(c2ccc(/C(N)=N/O)cc2Br)CC1C. The second-order valence-corrected chi connectivity index (χ2v) is 6.20. The van der Waals surface area contributed by atoms with Gasteiger partial charge in [0.15, 0.2) is 5.84 Å². The standard InChI is InChI=1S/C14H20BrN3O/c1-9-5-6-18(8-10(9)2)13-4-3-11(7-12(13)15)14(16)17-19/h3-4,7,9-10,19H,5-6,8H2,1-2H3,(H2,16,17). The molecule has 1 heterocycles. The number of amidine groups is 1. The molecule has 1 aromatic carbocycles. The summed E-state index contributed by atoms with van der Waals surface area (Å²) >= 11 is 3.58. The predicted octanol–water partition coefficient (Wildman–Crippen LogP) is 3.03. The van der Waals surface area contributed by atoms with Gasteiger partial charge in [0.25, 0.3) is 0 Å². The van der Waals surface area contributed by atoms with Crippen molar-refractivity contribution in [3.63, 3.8) is 0 Å². The molecule has 0 saturated carbocycles. The Bertz CT molecular complexity index is 490. The highest BCUT2D eigenvalue weighted by Crippen LogP contribution is 2.32. The molecule has 2 unspecified atom stereocenters. The van der Waals surface area contributed by atoms with Crippen molar-refractivity contribution in [2.24, 2.45) is 22.7 Å². The van der Waals surface area contributed by atoms with Gasteiger partial charge in [-0.2, -0.15) is 0 Å². The summed E-state index contributed by atoms with van der Waals surface area (Å²) in [5.74, 6) is 1.61. The van der Waals surface area contributed by atoms with Gasteiger partial charge in [0.05, 0.1) is 5.69 Å². The minimum absolute atomic E-state index is 0.132. The number of hydrogen-bond acceptors (Lipinski definition) is 3. The molecular weight excluding hydrogens is 306 g/mol. The zero-order chi connectivity index (χ0) is 14.0. The molecule has 0 radical (unpaired) electrons. The molecule has 4 nitrogen and oxygen atoms in total. The highest BCUT2D eigenvalue weighted by Gasteiger charge is 2.24. The summed E-state index contributed by atoms with van der Waals surface area (Å²) in [4.78, 5) is 2.39. The van der Waals surface area contributed by atoms with Gasteiger partial charge in [-0.15, -0.1) is 0 Å². The fourth-order valence-corrected chi connectivity index (χ4v) is 3.09. The van der Waals surface area contributed by atoms with Crippen LogP contribution in [0.3, 0.4) is 0 Å². The van der Waals surface area contributed by atoms with E-state index in [0.29, 0.717) is 5.92 Å². The van der Waals surface area contributed by atoms with E-state index >= 15 is 0 Å². The number of rotatable bonds is 2. The minimum atomic E-state index is 0.132. The van der Waals surface area contributed by atoms with Crippen molar-refractivity contribution < 1.29 is 5.21 Å². The molecule has 0 aromatic heterocycles. The van der Waals surface area contributed by atoms with Crippen molar-refractivity contribution >= 4 is 27.5 Å². The van der Waals surface area contributed by atoms with E-state index in [1.54, 1.807) is 0 Å². The van der Waals surface area contributed by atoms with Crippen LogP contribution in [0.15, 0.2) is 27.8 Å². The summed E-state index contributed by atoms with van der Waals surface area (Å²) in [6.07, 6.45) is 1.22. The van der Waals surface area contributed by atoms with Crippen molar-refractivity contribution in [2.75, 3.05) is 18.0 Å². The first-order chi connectivity index (χ1) is 9.02. The third-order valence-electron chi connectivity index (χ3n) is 4.03.